The van der Waals surface area contributed by atoms with Gasteiger partial charge in [-0.25, -0.2) is 4.79 Å². The van der Waals surface area contributed by atoms with Crippen LogP contribution >= 0.6 is 11.6 Å². The van der Waals surface area contributed by atoms with Gasteiger partial charge in [-0.05, 0) is 42.5 Å². The molecule has 0 radical (unpaired) electrons. The lowest BCUT2D eigenvalue weighted by Crippen LogP contribution is -2.47. The zero-order chi connectivity index (χ0) is 24.2. The van der Waals surface area contributed by atoms with Gasteiger partial charge < -0.3 is 21.1 Å². The molecule has 33 heavy (non-hydrogen) atoms. The number of benzene rings is 2. The van der Waals surface area contributed by atoms with Gasteiger partial charge >= 0.3 is 23.8 Å². The number of carbonyl (C=O) groups is 2. The molecule has 0 aliphatic rings. The van der Waals surface area contributed by atoms with Gasteiger partial charge in [0.05, 0.1) is 16.7 Å². The predicted molar refractivity (Wildman–Crippen MR) is 113 cm³/mol. The summed E-state index contributed by atoms with van der Waals surface area (Å²) in [7, 11) is 1.37. The van der Waals surface area contributed by atoms with Crippen molar-refractivity contribution in [3.63, 3.8) is 0 Å². The first kappa shape index (κ1) is 23.7. The molecule has 0 unspecified atom stereocenters. The number of pyridine rings is 1. The van der Waals surface area contributed by atoms with Crippen LogP contribution in [-0.4, -0.2) is 19.0 Å². The maximum atomic E-state index is 13.0. The summed E-state index contributed by atoms with van der Waals surface area (Å²) in [5, 5.41) is 4.34. The van der Waals surface area contributed by atoms with Crippen LogP contribution in [0.3, 0.4) is 0 Å². The van der Waals surface area contributed by atoms with Crippen molar-refractivity contribution in [3.8, 4) is 11.5 Å². The maximum Gasteiger partial charge on any atom is 0.417 e. The molecule has 4 N–H and O–H groups in total. The number of nitrogens with two attached hydrogens (primary N) is 1. The Labute approximate surface area is 190 Å². The number of hydrogen-bond donors (Lipinski definition) is 3. The summed E-state index contributed by atoms with van der Waals surface area (Å²) in [5.41, 5.74) is 4.60. The first-order chi connectivity index (χ1) is 15.6. The molecule has 2 aromatic carbocycles. The minimum absolute atomic E-state index is 0.0702. The fourth-order valence-electron chi connectivity index (χ4n) is 2.73. The molecular formula is C21H17ClF3N4O4+. The van der Waals surface area contributed by atoms with Crippen LogP contribution in [0.1, 0.15) is 16.1 Å². The van der Waals surface area contributed by atoms with Gasteiger partial charge in [0.2, 0.25) is 6.20 Å². The van der Waals surface area contributed by atoms with Crippen molar-refractivity contribution in [2.75, 3.05) is 17.7 Å². The molecule has 0 saturated heterocycles. The molecule has 0 saturated carbocycles. The summed E-state index contributed by atoms with van der Waals surface area (Å²) >= 11 is 5.57. The normalized spacial score (nSPS) is 10.9. The molecule has 172 valence electrons. The van der Waals surface area contributed by atoms with Gasteiger partial charge in [0.25, 0.3) is 0 Å². The Hall–Kier alpha value is -3.99. The summed E-state index contributed by atoms with van der Waals surface area (Å²) in [4.78, 5) is 28.6. The Balaban J connectivity index is 1.65. The largest absolute Gasteiger partial charge is 0.457 e. The third-order valence-electron chi connectivity index (χ3n) is 4.22. The standard InChI is InChI=1S/C21H16ClF3N4O4/c1-32-29-9-8-15(11-18(29)19(26)30)33-14-5-2-12(3-6-14)27-20(31)28-13-4-7-17(22)16(10-13)21(23,24)25/h2-11H,1H3,(H3-,26,27,28,30,31)/p+1. The topological polar surface area (TPSA) is 107 Å². The lowest BCUT2D eigenvalue weighted by Gasteiger charge is -2.12. The number of alkyl halides is 3. The third-order valence-corrected chi connectivity index (χ3v) is 4.55. The van der Waals surface area contributed by atoms with Gasteiger partial charge in [0.15, 0.2) is 0 Å². The molecule has 3 aromatic rings. The maximum absolute atomic E-state index is 13.0. The average Bonchev–Trinajstić information content (AvgIpc) is 2.75. The summed E-state index contributed by atoms with van der Waals surface area (Å²) in [6.07, 6.45) is -3.20. The molecule has 3 amide bonds. The molecule has 8 nitrogen and oxygen atoms in total. The molecule has 0 spiro atoms. The van der Waals surface area contributed by atoms with Gasteiger partial charge in [-0.2, -0.15) is 13.2 Å². The van der Waals surface area contributed by atoms with Crippen molar-refractivity contribution < 1.29 is 37.1 Å². The molecule has 0 fully saturated rings. The summed E-state index contributed by atoms with van der Waals surface area (Å²) in [5.74, 6) is -0.00581. The molecular weight excluding hydrogens is 465 g/mol. The quantitative estimate of drug-likeness (QED) is 0.458. The van der Waals surface area contributed by atoms with Crippen molar-refractivity contribution in [2.24, 2.45) is 5.73 Å². The number of aromatic nitrogens is 1. The molecule has 0 aliphatic carbocycles. The number of primary amides is 1. The van der Waals surface area contributed by atoms with Crippen LogP contribution in [0.15, 0.2) is 60.8 Å². The number of amides is 3. The minimum Gasteiger partial charge on any atom is -0.457 e. The molecule has 0 bridgehead atoms. The average molecular weight is 482 g/mol. The van der Waals surface area contributed by atoms with E-state index in [1.54, 1.807) is 18.2 Å². The van der Waals surface area contributed by atoms with Crippen molar-refractivity contribution in [1.82, 2.24) is 0 Å². The molecule has 1 heterocycles. The Bertz CT molecular complexity index is 1190. The second-order valence-electron chi connectivity index (χ2n) is 6.52. The Morgan fingerprint density at radius 1 is 0.970 bits per heavy atom. The van der Waals surface area contributed by atoms with E-state index in [0.717, 1.165) is 12.1 Å². The van der Waals surface area contributed by atoms with E-state index >= 15 is 0 Å². The highest BCUT2D eigenvalue weighted by atomic mass is 35.5. The fourth-order valence-corrected chi connectivity index (χ4v) is 2.95. The van der Waals surface area contributed by atoms with E-state index in [4.69, 9.17) is 26.9 Å². The monoisotopic (exact) mass is 481 g/mol. The van der Waals surface area contributed by atoms with Crippen LogP contribution in [0.5, 0.6) is 11.5 Å². The van der Waals surface area contributed by atoms with Crippen LogP contribution in [0.4, 0.5) is 29.3 Å². The SMILES string of the molecule is CO[n+]1ccc(Oc2ccc(NC(=O)Nc3ccc(Cl)c(C(F)(F)F)c3)cc2)cc1C(N)=O. The summed E-state index contributed by atoms with van der Waals surface area (Å²) in [6, 6.07) is 11.4. The highest BCUT2D eigenvalue weighted by Gasteiger charge is 2.33. The minimum atomic E-state index is -4.65. The van der Waals surface area contributed by atoms with E-state index < -0.39 is 28.7 Å². The molecule has 1 aromatic heterocycles. The Morgan fingerprint density at radius 3 is 2.21 bits per heavy atom. The third kappa shape index (κ3) is 6.04. The van der Waals surface area contributed by atoms with Crippen molar-refractivity contribution in [2.45, 2.75) is 6.18 Å². The number of rotatable bonds is 6. The van der Waals surface area contributed by atoms with E-state index in [0.29, 0.717) is 17.2 Å². The van der Waals surface area contributed by atoms with Gasteiger partial charge in [-0.1, -0.05) is 11.6 Å². The van der Waals surface area contributed by atoms with E-state index in [-0.39, 0.29) is 11.4 Å². The molecule has 0 atom stereocenters. The highest BCUT2D eigenvalue weighted by Crippen LogP contribution is 2.36. The molecule has 3 rings (SSSR count). The number of halogens is 4. The predicted octanol–water partition coefficient (Wildman–Crippen LogP) is 4.24. The van der Waals surface area contributed by atoms with E-state index in [9.17, 15) is 22.8 Å². The van der Waals surface area contributed by atoms with Crippen LogP contribution in [0.25, 0.3) is 0 Å². The van der Waals surface area contributed by atoms with Gasteiger partial charge in [-0.15, -0.1) is 0 Å². The Kier molecular flexibility index (Phi) is 6.92. The van der Waals surface area contributed by atoms with Crippen LogP contribution in [0.2, 0.25) is 5.02 Å². The fraction of sp³-hybridized carbons (Fsp3) is 0.0952. The number of nitrogens with zero attached hydrogens (tertiary/aromatic N) is 1. The number of hydrogen-bond acceptors (Lipinski definition) is 4. The summed E-state index contributed by atoms with van der Waals surface area (Å²) in [6.45, 7) is 0. The number of urea groups is 1. The Morgan fingerprint density at radius 2 is 1.61 bits per heavy atom. The van der Waals surface area contributed by atoms with Gasteiger partial charge in [0, 0.05) is 22.2 Å². The lowest BCUT2D eigenvalue weighted by molar-refractivity contribution is -0.886. The zero-order valence-electron chi connectivity index (χ0n) is 16.9. The lowest BCUT2D eigenvalue weighted by atomic mass is 10.2. The number of ether oxygens (including phenoxy) is 1. The first-order valence-corrected chi connectivity index (χ1v) is 9.57. The smallest absolute Gasteiger partial charge is 0.417 e. The van der Waals surface area contributed by atoms with Gasteiger partial charge in [-0.3, -0.25) is 9.63 Å². The molecule has 12 heteroatoms. The van der Waals surface area contributed by atoms with Crippen LogP contribution < -0.4 is 30.7 Å². The van der Waals surface area contributed by atoms with Gasteiger partial charge in [0.1, 0.15) is 18.6 Å². The van der Waals surface area contributed by atoms with Crippen LogP contribution in [-0.2, 0) is 6.18 Å². The van der Waals surface area contributed by atoms with Crippen molar-refractivity contribution >= 4 is 34.9 Å². The van der Waals surface area contributed by atoms with Crippen LogP contribution in [0, 0.1) is 0 Å². The number of anilines is 2. The first-order valence-electron chi connectivity index (χ1n) is 9.19. The number of carbonyl (C=O) groups excluding carboxylic acids is 2. The van der Waals surface area contributed by atoms with E-state index in [1.165, 1.54) is 42.3 Å². The van der Waals surface area contributed by atoms with E-state index in [1.807, 2.05) is 0 Å². The zero-order valence-corrected chi connectivity index (χ0v) is 17.7. The highest BCUT2D eigenvalue weighted by molar-refractivity contribution is 6.31. The van der Waals surface area contributed by atoms with Crippen molar-refractivity contribution in [1.29, 1.82) is 0 Å². The second kappa shape index (κ2) is 9.65. The van der Waals surface area contributed by atoms with Crippen molar-refractivity contribution in [3.05, 3.63) is 77.1 Å². The summed E-state index contributed by atoms with van der Waals surface area (Å²) < 4.78 is 45.7. The molecule has 0 aliphatic heterocycles. The second-order valence-corrected chi connectivity index (χ2v) is 6.93. The number of nitrogens with one attached hydrogen (secondary N) is 2. The van der Waals surface area contributed by atoms with E-state index in [2.05, 4.69) is 10.6 Å².